The Morgan fingerprint density at radius 3 is 2.33 bits per heavy atom. The molecule has 0 spiro atoms. The van der Waals surface area contributed by atoms with Gasteiger partial charge in [-0.25, -0.2) is 0 Å². The second-order valence-electron chi connectivity index (χ2n) is 0.785. The van der Waals surface area contributed by atoms with Crippen LogP contribution in [-0.2, 0) is 4.57 Å². The second-order valence-corrected chi connectivity index (χ2v) is 1.69. The molecule has 0 radical (unpaired) electrons. The van der Waals surface area contributed by atoms with Crippen molar-refractivity contribution in [3.8, 4) is 0 Å². The monoisotopic (exact) mass is 105 g/mol. The Balaban J connectivity index is 3.30. The van der Waals surface area contributed by atoms with Gasteiger partial charge in [-0.15, -0.1) is 0 Å². The van der Waals surface area contributed by atoms with E-state index in [9.17, 15) is 4.57 Å². The smallest absolute Gasteiger partial charge is 0.157 e. The molecule has 34 valence electrons. The largest absolute Gasteiger partial charge is 0.537 e. The van der Waals surface area contributed by atoms with Gasteiger partial charge < -0.3 is 0 Å². The molecule has 0 aliphatic heterocycles. The summed E-state index contributed by atoms with van der Waals surface area (Å²) < 4.78 is 9.66. The molecule has 1 N–H and O–H groups in total. The van der Waals surface area contributed by atoms with Crippen LogP contribution in [0.5, 0.6) is 0 Å². The van der Waals surface area contributed by atoms with Crippen molar-refractivity contribution < 1.29 is 9.46 Å². The minimum absolute atomic E-state index is 1.23. The van der Waals surface area contributed by atoms with Gasteiger partial charge >= 0.3 is 8.03 Å². The Hall–Kier alpha value is -0.200. The summed E-state index contributed by atoms with van der Waals surface area (Å²) in [5, 5.41) is 0. The van der Waals surface area contributed by atoms with Gasteiger partial charge in [-0.2, -0.15) is 4.89 Å². The molecule has 0 aliphatic carbocycles. The lowest BCUT2D eigenvalue weighted by Crippen LogP contribution is -1.41. The van der Waals surface area contributed by atoms with E-state index in [1.54, 1.807) is 13.0 Å². The van der Waals surface area contributed by atoms with Gasteiger partial charge in [0.2, 0.25) is 0 Å². The van der Waals surface area contributed by atoms with Crippen LogP contribution in [0.25, 0.3) is 0 Å². The van der Waals surface area contributed by atoms with Gasteiger partial charge in [-0.1, -0.05) is 0 Å². The summed E-state index contributed by atoms with van der Waals surface area (Å²) in [5.74, 6) is 1.23. The van der Waals surface area contributed by atoms with Crippen LogP contribution in [0.15, 0.2) is 11.9 Å². The Morgan fingerprint density at radius 1 is 1.83 bits per heavy atom. The Bertz CT molecular complexity index is 76.9. The molecule has 6 heavy (non-hydrogen) atoms. The molecule has 1 unspecified atom stereocenters. The highest BCUT2D eigenvalue weighted by Crippen LogP contribution is 2.12. The fourth-order valence-electron chi connectivity index (χ4n) is 0.128. The van der Waals surface area contributed by atoms with Gasteiger partial charge in [-0.3, -0.25) is 0 Å². The lowest BCUT2D eigenvalue weighted by Gasteiger charge is -1.50. The summed E-state index contributed by atoms with van der Waals surface area (Å²) in [6.07, 6.45) is 1.54. The van der Waals surface area contributed by atoms with Crippen LogP contribution in [-0.4, -0.2) is 4.89 Å². The Kier molecular flexibility index (Phi) is 2.91. The van der Waals surface area contributed by atoms with Crippen LogP contribution in [0.1, 0.15) is 6.92 Å². The molecular weight excluding hydrogens is 99.0 g/mol. The summed E-state index contributed by atoms with van der Waals surface area (Å²) in [7, 11) is -2.03. The fraction of sp³-hybridized carbons (Fsp3) is 0.333. The van der Waals surface area contributed by atoms with Crippen LogP contribution in [0.3, 0.4) is 0 Å². The summed E-state index contributed by atoms with van der Waals surface area (Å²) in [6, 6.07) is 0. The third-order valence-electron chi connectivity index (χ3n) is 0.277. The highest BCUT2D eigenvalue weighted by molar-refractivity contribution is 7.41. The minimum atomic E-state index is -2.03. The van der Waals surface area contributed by atoms with Gasteiger partial charge in [0, 0.05) is 0 Å². The molecule has 0 aliphatic rings. The van der Waals surface area contributed by atoms with Crippen LogP contribution in [0.4, 0.5) is 0 Å². The van der Waals surface area contributed by atoms with E-state index in [2.05, 4.69) is 0 Å². The van der Waals surface area contributed by atoms with Gasteiger partial charge in [-0.05, 0) is 17.6 Å². The van der Waals surface area contributed by atoms with E-state index in [1.807, 2.05) is 0 Å². The highest BCUT2D eigenvalue weighted by Gasteiger charge is 1.96. The first-order valence-corrected chi connectivity index (χ1v) is 2.83. The lowest BCUT2D eigenvalue weighted by molar-refractivity contribution is 0.512. The quantitative estimate of drug-likeness (QED) is 0.509. The first kappa shape index (κ1) is 5.80. The number of hydrogen-bond acceptors (Lipinski definition) is 1. The topological polar surface area (TPSA) is 37.3 Å². The van der Waals surface area contributed by atoms with Gasteiger partial charge in [0.05, 0.1) is 0 Å². The number of rotatable bonds is 1. The molecule has 1 atom stereocenters. The highest BCUT2D eigenvalue weighted by atomic mass is 31.1. The van der Waals surface area contributed by atoms with E-state index in [0.29, 0.717) is 0 Å². The van der Waals surface area contributed by atoms with Crippen molar-refractivity contribution in [1.29, 1.82) is 0 Å². The summed E-state index contributed by atoms with van der Waals surface area (Å²) >= 11 is 0. The molecule has 0 amide bonds. The zero-order valence-electron chi connectivity index (χ0n) is 3.46. The van der Waals surface area contributed by atoms with E-state index in [-0.39, 0.29) is 0 Å². The third-order valence-corrected chi connectivity index (χ3v) is 0.830. The lowest BCUT2D eigenvalue weighted by atomic mass is 10.8. The Labute approximate surface area is 37.4 Å². The standard InChI is InChI=1S/C3H5O2P/c1-2-3-6(4)5/h2-3H,1H3/p+1/b3-2+. The van der Waals surface area contributed by atoms with Crippen molar-refractivity contribution in [2.24, 2.45) is 0 Å². The molecular formula is C3H6O2P+. The van der Waals surface area contributed by atoms with E-state index in [1.165, 1.54) is 5.82 Å². The molecule has 2 nitrogen and oxygen atoms in total. The predicted molar refractivity (Wildman–Crippen MR) is 24.6 cm³/mol. The minimum Gasteiger partial charge on any atom is -0.157 e. The SMILES string of the molecule is C/C=C/[P+](=O)O. The zero-order valence-corrected chi connectivity index (χ0v) is 4.35. The molecule has 0 aromatic carbocycles. The molecule has 0 saturated carbocycles. The molecule has 0 aromatic heterocycles. The normalized spacial score (nSPS) is 12.7. The molecule has 0 saturated heterocycles. The van der Waals surface area contributed by atoms with E-state index in [0.717, 1.165) is 0 Å². The molecule has 0 fully saturated rings. The van der Waals surface area contributed by atoms with Crippen molar-refractivity contribution in [2.75, 3.05) is 0 Å². The van der Waals surface area contributed by atoms with Gasteiger partial charge in [0.1, 0.15) is 0 Å². The average Bonchev–Trinajstić information content (AvgIpc) is 1.35. The predicted octanol–water partition coefficient (Wildman–Crippen LogP) is 1.25. The van der Waals surface area contributed by atoms with Crippen molar-refractivity contribution >= 4 is 8.03 Å². The molecule has 0 heterocycles. The maximum atomic E-state index is 9.66. The molecule has 0 aromatic rings. The molecule has 0 rings (SSSR count). The first-order chi connectivity index (χ1) is 2.77. The van der Waals surface area contributed by atoms with Crippen LogP contribution in [0.2, 0.25) is 0 Å². The zero-order chi connectivity index (χ0) is 4.99. The van der Waals surface area contributed by atoms with Crippen molar-refractivity contribution in [3.63, 3.8) is 0 Å². The first-order valence-electron chi connectivity index (χ1n) is 1.55. The molecule has 3 heteroatoms. The average molecular weight is 105 g/mol. The number of allylic oxidation sites excluding steroid dienone is 1. The van der Waals surface area contributed by atoms with Crippen LogP contribution >= 0.6 is 8.03 Å². The Morgan fingerprint density at radius 2 is 2.33 bits per heavy atom. The van der Waals surface area contributed by atoms with Crippen molar-refractivity contribution in [2.45, 2.75) is 6.92 Å². The summed E-state index contributed by atoms with van der Waals surface area (Å²) in [4.78, 5) is 7.97. The van der Waals surface area contributed by atoms with E-state index < -0.39 is 8.03 Å². The third kappa shape index (κ3) is 3.80. The summed E-state index contributed by atoms with van der Waals surface area (Å²) in [5.41, 5.74) is 0. The van der Waals surface area contributed by atoms with Crippen LogP contribution in [0, 0.1) is 0 Å². The van der Waals surface area contributed by atoms with Crippen molar-refractivity contribution in [3.05, 3.63) is 11.9 Å². The van der Waals surface area contributed by atoms with Gasteiger partial charge in [0.15, 0.2) is 5.82 Å². The fourth-order valence-corrected chi connectivity index (χ4v) is 0.383. The van der Waals surface area contributed by atoms with E-state index in [4.69, 9.17) is 4.89 Å². The maximum Gasteiger partial charge on any atom is 0.537 e. The second kappa shape index (κ2) is 3.01. The van der Waals surface area contributed by atoms with E-state index >= 15 is 0 Å². The van der Waals surface area contributed by atoms with Crippen molar-refractivity contribution in [1.82, 2.24) is 0 Å². The number of hydrogen-bond donors (Lipinski definition) is 1. The maximum absolute atomic E-state index is 9.66. The molecule has 0 bridgehead atoms. The van der Waals surface area contributed by atoms with Gasteiger partial charge in [0.25, 0.3) is 0 Å². The summed E-state index contributed by atoms with van der Waals surface area (Å²) in [6.45, 7) is 1.70. The van der Waals surface area contributed by atoms with Crippen LogP contribution < -0.4 is 0 Å².